The number of carbonyl (C=O) groups excluding carboxylic acids is 3. The number of ether oxygens (including phenoxy) is 1. The molecule has 6 heteroatoms. The zero-order chi connectivity index (χ0) is 11.3. The summed E-state index contributed by atoms with van der Waals surface area (Å²) in [7, 11) is 0. The van der Waals surface area contributed by atoms with Crippen LogP contribution >= 0.6 is 0 Å². The van der Waals surface area contributed by atoms with Crippen LogP contribution in [0.1, 0.15) is 19.8 Å². The van der Waals surface area contributed by atoms with Crippen molar-refractivity contribution in [3.63, 3.8) is 0 Å². The second kappa shape index (κ2) is 5.14. The van der Waals surface area contributed by atoms with Crippen molar-refractivity contribution in [1.29, 1.82) is 0 Å². The van der Waals surface area contributed by atoms with Gasteiger partial charge in [0.2, 0.25) is 0 Å². The zero-order valence-corrected chi connectivity index (χ0v) is 8.26. The Hall–Kier alpha value is -1.85. The Labute approximate surface area is 86.4 Å². The van der Waals surface area contributed by atoms with E-state index in [1.54, 1.807) is 6.92 Å². The predicted octanol–water partition coefficient (Wildman–Crippen LogP) is 0.144. The van der Waals surface area contributed by atoms with E-state index in [4.69, 9.17) is 4.84 Å². The van der Waals surface area contributed by atoms with E-state index in [9.17, 15) is 14.4 Å². The number of esters is 1. The maximum Gasteiger partial charge on any atom is 0.333 e. The highest BCUT2D eigenvalue weighted by Crippen LogP contribution is 2.11. The van der Waals surface area contributed by atoms with Crippen LogP contribution in [0.2, 0.25) is 0 Å². The Bertz CT molecular complexity index is 294. The summed E-state index contributed by atoms with van der Waals surface area (Å²) in [6, 6.07) is 0. The van der Waals surface area contributed by atoms with Crippen molar-refractivity contribution in [3.8, 4) is 0 Å². The summed E-state index contributed by atoms with van der Waals surface area (Å²) in [6.07, 6.45) is 2.25. The maximum absolute atomic E-state index is 11.0. The summed E-state index contributed by atoms with van der Waals surface area (Å²) in [5.41, 5.74) is 0. The molecule has 1 aliphatic heterocycles. The first kappa shape index (κ1) is 11.2. The summed E-state index contributed by atoms with van der Waals surface area (Å²) >= 11 is 0. The molecule has 6 nitrogen and oxygen atoms in total. The van der Waals surface area contributed by atoms with Crippen LogP contribution in [-0.2, 0) is 24.0 Å². The molecule has 0 saturated carbocycles. The lowest BCUT2D eigenvalue weighted by Gasteiger charge is -2.09. The van der Waals surface area contributed by atoms with Gasteiger partial charge in [-0.2, -0.15) is 0 Å². The summed E-state index contributed by atoms with van der Waals surface area (Å²) in [5, 5.41) is 0.635. The lowest BCUT2D eigenvalue weighted by atomic mass is 10.4. The SMILES string of the molecule is CCOC(=O)C=CON1C(=O)CCC1=O. The summed E-state index contributed by atoms with van der Waals surface area (Å²) in [4.78, 5) is 37.5. The van der Waals surface area contributed by atoms with Gasteiger partial charge >= 0.3 is 5.97 Å². The second-order valence-corrected chi connectivity index (χ2v) is 2.74. The molecule has 1 fully saturated rings. The number of imide groups is 1. The van der Waals surface area contributed by atoms with Crippen LogP contribution in [0.4, 0.5) is 0 Å². The third kappa shape index (κ3) is 3.08. The van der Waals surface area contributed by atoms with Crippen molar-refractivity contribution >= 4 is 17.8 Å². The van der Waals surface area contributed by atoms with Crippen LogP contribution in [0.15, 0.2) is 12.3 Å². The Balaban J connectivity index is 2.39. The summed E-state index contributed by atoms with van der Waals surface area (Å²) in [5.74, 6) is -1.40. The van der Waals surface area contributed by atoms with Gasteiger partial charge in [0, 0.05) is 12.8 Å². The first-order chi connectivity index (χ1) is 7.15. The Morgan fingerprint density at radius 3 is 2.53 bits per heavy atom. The van der Waals surface area contributed by atoms with Gasteiger partial charge in [0.05, 0.1) is 12.7 Å². The number of hydrogen-bond acceptors (Lipinski definition) is 5. The second-order valence-electron chi connectivity index (χ2n) is 2.74. The summed E-state index contributed by atoms with van der Waals surface area (Å²) < 4.78 is 4.57. The van der Waals surface area contributed by atoms with Gasteiger partial charge < -0.3 is 9.57 Å². The smallest absolute Gasteiger partial charge is 0.333 e. The van der Waals surface area contributed by atoms with Crippen LogP contribution in [0, 0.1) is 0 Å². The molecule has 1 aliphatic rings. The van der Waals surface area contributed by atoms with E-state index in [1.807, 2.05) is 0 Å². The molecule has 0 bridgehead atoms. The van der Waals surface area contributed by atoms with Crippen LogP contribution < -0.4 is 0 Å². The molecule has 1 heterocycles. The Morgan fingerprint density at radius 2 is 2.00 bits per heavy atom. The Morgan fingerprint density at radius 1 is 1.40 bits per heavy atom. The molecule has 0 aromatic heterocycles. The van der Waals surface area contributed by atoms with Gasteiger partial charge in [-0.15, -0.1) is 5.06 Å². The van der Waals surface area contributed by atoms with Gasteiger partial charge in [-0.3, -0.25) is 9.59 Å². The van der Waals surface area contributed by atoms with E-state index in [2.05, 4.69) is 4.74 Å². The number of nitrogens with zero attached hydrogens (tertiary/aromatic N) is 1. The Kier molecular flexibility index (Phi) is 3.84. The zero-order valence-electron chi connectivity index (χ0n) is 8.26. The van der Waals surface area contributed by atoms with Gasteiger partial charge in [-0.25, -0.2) is 4.79 Å². The molecule has 2 amide bonds. The number of carbonyl (C=O) groups is 3. The monoisotopic (exact) mass is 213 g/mol. The van der Waals surface area contributed by atoms with Gasteiger partial charge in [-0.1, -0.05) is 0 Å². The normalized spacial score (nSPS) is 16.2. The van der Waals surface area contributed by atoms with E-state index in [0.29, 0.717) is 5.06 Å². The minimum Gasteiger partial charge on any atom is -0.463 e. The minimum atomic E-state index is -0.586. The average Bonchev–Trinajstić information content (AvgIpc) is 2.49. The lowest BCUT2D eigenvalue weighted by molar-refractivity contribution is -0.173. The van der Waals surface area contributed by atoms with E-state index >= 15 is 0 Å². The summed E-state index contributed by atoms with van der Waals surface area (Å²) in [6.45, 7) is 1.92. The molecule has 1 saturated heterocycles. The highest BCUT2D eigenvalue weighted by Gasteiger charge is 2.30. The van der Waals surface area contributed by atoms with Crippen molar-refractivity contribution in [2.24, 2.45) is 0 Å². The first-order valence-electron chi connectivity index (χ1n) is 4.51. The highest BCUT2D eigenvalue weighted by molar-refractivity contribution is 6.00. The number of rotatable bonds is 4. The van der Waals surface area contributed by atoms with Crippen molar-refractivity contribution in [1.82, 2.24) is 5.06 Å². The largest absolute Gasteiger partial charge is 0.463 e. The molecular formula is C9H11NO5. The fourth-order valence-corrected chi connectivity index (χ4v) is 1.01. The molecule has 82 valence electrons. The molecule has 0 N–H and O–H groups in total. The third-order valence-electron chi connectivity index (χ3n) is 1.66. The maximum atomic E-state index is 11.0. The van der Waals surface area contributed by atoms with Crippen molar-refractivity contribution in [2.45, 2.75) is 19.8 Å². The van der Waals surface area contributed by atoms with E-state index in [1.165, 1.54) is 0 Å². The van der Waals surface area contributed by atoms with Crippen LogP contribution in [-0.4, -0.2) is 29.5 Å². The molecule has 0 radical (unpaired) electrons. The molecule has 0 aromatic carbocycles. The van der Waals surface area contributed by atoms with Crippen LogP contribution in [0.3, 0.4) is 0 Å². The van der Waals surface area contributed by atoms with Crippen LogP contribution in [0.5, 0.6) is 0 Å². The average molecular weight is 213 g/mol. The van der Waals surface area contributed by atoms with Crippen molar-refractivity contribution < 1.29 is 24.0 Å². The van der Waals surface area contributed by atoms with Gasteiger partial charge in [0.15, 0.2) is 0 Å². The highest BCUT2D eigenvalue weighted by atomic mass is 16.7. The standard InChI is InChI=1S/C9H11NO5/c1-2-14-9(13)5-6-15-10-7(11)3-4-8(10)12/h5-6H,2-4H2,1H3. The van der Waals surface area contributed by atoms with E-state index < -0.39 is 17.8 Å². The van der Waals surface area contributed by atoms with Gasteiger partial charge in [-0.05, 0) is 6.92 Å². The molecule has 0 unspecified atom stereocenters. The predicted molar refractivity (Wildman–Crippen MR) is 47.9 cm³/mol. The van der Waals surface area contributed by atoms with E-state index in [0.717, 1.165) is 12.3 Å². The van der Waals surface area contributed by atoms with Crippen molar-refractivity contribution in [3.05, 3.63) is 12.3 Å². The quantitative estimate of drug-likeness (QED) is 0.287. The van der Waals surface area contributed by atoms with Gasteiger partial charge in [0.1, 0.15) is 6.26 Å². The first-order valence-corrected chi connectivity index (χ1v) is 4.51. The van der Waals surface area contributed by atoms with Crippen molar-refractivity contribution in [2.75, 3.05) is 6.61 Å². The fourth-order valence-electron chi connectivity index (χ4n) is 1.01. The molecule has 0 spiro atoms. The number of amides is 2. The van der Waals surface area contributed by atoms with E-state index in [-0.39, 0.29) is 19.4 Å². The van der Waals surface area contributed by atoms with Gasteiger partial charge in [0.25, 0.3) is 11.8 Å². The fraction of sp³-hybridized carbons (Fsp3) is 0.444. The van der Waals surface area contributed by atoms with Crippen LogP contribution in [0.25, 0.3) is 0 Å². The molecule has 0 aromatic rings. The molecular weight excluding hydrogens is 202 g/mol. The number of hydrogen-bond donors (Lipinski definition) is 0. The molecule has 15 heavy (non-hydrogen) atoms. The number of hydroxylamine groups is 2. The molecule has 0 aliphatic carbocycles. The molecule has 1 rings (SSSR count). The third-order valence-corrected chi connectivity index (χ3v) is 1.66. The molecule has 0 atom stereocenters. The topological polar surface area (TPSA) is 72.9 Å². The minimum absolute atomic E-state index is 0.145. The lowest BCUT2D eigenvalue weighted by Crippen LogP contribution is -2.27.